The van der Waals surface area contributed by atoms with E-state index >= 15 is 0 Å². The van der Waals surface area contributed by atoms with Crippen molar-refractivity contribution in [1.29, 1.82) is 0 Å². The number of fused-ring (bicyclic) bond motifs is 2. The fourth-order valence-corrected chi connectivity index (χ4v) is 5.80. The van der Waals surface area contributed by atoms with Crippen molar-refractivity contribution < 1.29 is 4.79 Å². The number of rotatable bonds is 4. The predicted octanol–water partition coefficient (Wildman–Crippen LogP) is 1.98. The number of piperidine rings is 1. The average molecular weight is 441 g/mol. The fraction of sp³-hybridized carbons (Fsp3) is 0.708. The van der Waals surface area contributed by atoms with Gasteiger partial charge in [-0.15, -0.1) is 0 Å². The second-order valence-electron chi connectivity index (χ2n) is 10.2. The monoisotopic (exact) mass is 440 g/mol. The van der Waals surface area contributed by atoms with Crippen LogP contribution in [0.2, 0.25) is 0 Å². The molecule has 1 amide bonds. The van der Waals surface area contributed by atoms with Gasteiger partial charge in [0, 0.05) is 56.3 Å². The smallest absolute Gasteiger partial charge is 0.277 e. The Hall–Kier alpha value is -2.19. The Bertz CT molecular complexity index is 1030. The van der Waals surface area contributed by atoms with Gasteiger partial charge in [0.05, 0.1) is 17.8 Å². The maximum atomic E-state index is 13.3. The van der Waals surface area contributed by atoms with E-state index in [1.807, 2.05) is 23.9 Å². The molecule has 0 spiro atoms. The minimum atomic E-state index is 0.0651. The van der Waals surface area contributed by atoms with Crippen molar-refractivity contribution in [2.24, 2.45) is 0 Å². The number of amides is 1. The molecular weight excluding hydrogens is 404 g/mol. The van der Waals surface area contributed by atoms with Crippen molar-refractivity contribution >= 4 is 11.6 Å². The summed E-state index contributed by atoms with van der Waals surface area (Å²) in [6.07, 6.45) is 9.17. The molecule has 0 unspecified atom stereocenters. The highest BCUT2D eigenvalue weighted by Gasteiger charge is 2.29. The standard InChI is InChI=1S/C24H36N6O2/c1-27(2)16-23(31)28-11-8-17(9-12-28)21-14-22-25-20-10-13-29(18-6-4-3-5-7-18)15-19(20)24(32)30(22)26-21/h14,17-18,26H,3-13,15-16H2,1-2H3. The number of hydrogen-bond acceptors (Lipinski definition) is 5. The van der Waals surface area contributed by atoms with Gasteiger partial charge in [0.1, 0.15) is 0 Å². The van der Waals surface area contributed by atoms with Crippen molar-refractivity contribution in [3.8, 4) is 0 Å². The van der Waals surface area contributed by atoms with Crippen LogP contribution in [0.25, 0.3) is 5.65 Å². The molecule has 1 N–H and O–H groups in total. The molecule has 0 aromatic carbocycles. The zero-order valence-corrected chi connectivity index (χ0v) is 19.5. The van der Waals surface area contributed by atoms with E-state index in [4.69, 9.17) is 4.98 Å². The number of likely N-dealkylation sites (tertiary alicyclic amines) is 1. The maximum Gasteiger partial charge on any atom is 0.277 e. The van der Waals surface area contributed by atoms with E-state index in [-0.39, 0.29) is 11.5 Å². The second-order valence-corrected chi connectivity index (χ2v) is 10.2. The highest BCUT2D eigenvalue weighted by molar-refractivity contribution is 5.78. The third-order valence-electron chi connectivity index (χ3n) is 7.64. The minimum Gasteiger partial charge on any atom is -0.342 e. The number of likely N-dealkylation sites (N-methyl/N-ethyl adjacent to an activating group) is 1. The van der Waals surface area contributed by atoms with Crippen LogP contribution in [-0.4, -0.2) is 81.5 Å². The summed E-state index contributed by atoms with van der Waals surface area (Å²) in [5, 5.41) is 3.37. The summed E-state index contributed by atoms with van der Waals surface area (Å²) in [5.41, 5.74) is 3.73. The molecule has 8 nitrogen and oxygen atoms in total. The van der Waals surface area contributed by atoms with Crippen LogP contribution in [0.1, 0.15) is 67.8 Å². The lowest BCUT2D eigenvalue weighted by Gasteiger charge is -2.36. The largest absolute Gasteiger partial charge is 0.342 e. The van der Waals surface area contributed by atoms with Gasteiger partial charge in [0.25, 0.3) is 5.56 Å². The Morgan fingerprint density at radius 2 is 1.88 bits per heavy atom. The molecule has 5 rings (SSSR count). The lowest BCUT2D eigenvalue weighted by Crippen LogP contribution is -2.43. The van der Waals surface area contributed by atoms with Gasteiger partial charge < -0.3 is 9.80 Å². The number of aromatic nitrogens is 3. The quantitative estimate of drug-likeness (QED) is 0.787. The third-order valence-corrected chi connectivity index (χ3v) is 7.64. The number of carbonyl (C=O) groups excluding carboxylic acids is 1. The van der Waals surface area contributed by atoms with Crippen LogP contribution in [0.5, 0.6) is 0 Å². The van der Waals surface area contributed by atoms with Crippen molar-refractivity contribution in [3.05, 3.63) is 33.4 Å². The molecule has 0 bridgehead atoms. The number of hydrogen-bond donors (Lipinski definition) is 1. The molecule has 1 aliphatic carbocycles. The first-order valence-electron chi connectivity index (χ1n) is 12.3. The summed E-state index contributed by atoms with van der Waals surface area (Å²) >= 11 is 0. The van der Waals surface area contributed by atoms with E-state index in [9.17, 15) is 9.59 Å². The number of aromatic amines is 1. The van der Waals surface area contributed by atoms with Gasteiger partial charge in [0.15, 0.2) is 5.65 Å². The molecule has 2 aliphatic heterocycles. The molecule has 0 radical (unpaired) electrons. The minimum absolute atomic E-state index is 0.0651. The van der Waals surface area contributed by atoms with Crippen molar-refractivity contribution in [1.82, 2.24) is 29.3 Å². The normalized spacial score (nSPS) is 21.4. The van der Waals surface area contributed by atoms with E-state index in [0.29, 0.717) is 18.5 Å². The predicted molar refractivity (Wildman–Crippen MR) is 124 cm³/mol. The fourth-order valence-electron chi connectivity index (χ4n) is 5.80. The lowest BCUT2D eigenvalue weighted by molar-refractivity contribution is -0.132. The molecule has 1 saturated heterocycles. The zero-order chi connectivity index (χ0) is 22.2. The van der Waals surface area contributed by atoms with Crippen LogP contribution in [0.15, 0.2) is 10.9 Å². The number of nitrogens with zero attached hydrogens (tertiary/aromatic N) is 5. The molecule has 0 atom stereocenters. The first-order valence-corrected chi connectivity index (χ1v) is 12.3. The molecule has 2 fully saturated rings. The van der Waals surface area contributed by atoms with Crippen molar-refractivity contribution in [2.45, 2.75) is 69.9 Å². The van der Waals surface area contributed by atoms with Gasteiger partial charge in [-0.3, -0.25) is 19.6 Å². The molecule has 3 aliphatic rings. The van der Waals surface area contributed by atoms with Crippen LogP contribution in [0.4, 0.5) is 0 Å². The van der Waals surface area contributed by atoms with Gasteiger partial charge in [0.2, 0.25) is 5.91 Å². The Morgan fingerprint density at radius 1 is 1.12 bits per heavy atom. The Kier molecular flexibility index (Phi) is 6.07. The zero-order valence-electron chi connectivity index (χ0n) is 19.5. The van der Waals surface area contributed by atoms with Crippen LogP contribution < -0.4 is 5.56 Å². The van der Waals surface area contributed by atoms with Crippen LogP contribution in [-0.2, 0) is 17.8 Å². The second kappa shape index (κ2) is 8.98. The first kappa shape index (κ1) is 21.6. The lowest BCUT2D eigenvalue weighted by atomic mass is 9.92. The summed E-state index contributed by atoms with van der Waals surface area (Å²) < 4.78 is 1.65. The van der Waals surface area contributed by atoms with Gasteiger partial charge in [-0.1, -0.05) is 19.3 Å². The van der Waals surface area contributed by atoms with Gasteiger partial charge in [-0.05, 0) is 39.8 Å². The molecule has 174 valence electrons. The third kappa shape index (κ3) is 4.22. The van der Waals surface area contributed by atoms with Gasteiger partial charge in [-0.2, -0.15) is 0 Å². The summed E-state index contributed by atoms with van der Waals surface area (Å²) in [5.74, 6) is 0.522. The summed E-state index contributed by atoms with van der Waals surface area (Å²) in [6, 6.07) is 2.67. The highest BCUT2D eigenvalue weighted by Crippen LogP contribution is 2.29. The topological polar surface area (TPSA) is 77.0 Å². The maximum absolute atomic E-state index is 13.3. The molecule has 1 saturated carbocycles. The Balaban J connectivity index is 1.32. The number of carbonyl (C=O) groups is 1. The Labute approximate surface area is 189 Å². The van der Waals surface area contributed by atoms with Crippen LogP contribution in [0, 0.1) is 0 Å². The van der Waals surface area contributed by atoms with Crippen LogP contribution in [0.3, 0.4) is 0 Å². The van der Waals surface area contributed by atoms with Crippen molar-refractivity contribution in [2.75, 3.05) is 40.3 Å². The molecule has 8 heteroatoms. The molecular formula is C24H36N6O2. The summed E-state index contributed by atoms with van der Waals surface area (Å²) in [6.45, 7) is 3.73. The molecule has 4 heterocycles. The Morgan fingerprint density at radius 3 is 2.59 bits per heavy atom. The average Bonchev–Trinajstić information content (AvgIpc) is 3.24. The SMILES string of the molecule is CN(C)CC(=O)N1CCC(c2cc3nc4c(c(=O)n3[nH]2)CN(C2CCCCC2)CC4)CC1. The van der Waals surface area contributed by atoms with E-state index in [1.165, 1.54) is 32.1 Å². The molecule has 32 heavy (non-hydrogen) atoms. The van der Waals surface area contributed by atoms with Gasteiger partial charge in [-0.25, -0.2) is 9.50 Å². The number of H-pyrrole nitrogens is 1. The first-order chi connectivity index (χ1) is 15.5. The van der Waals surface area contributed by atoms with Crippen LogP contribution >= 0.6 is 0 Å². The van der Waals surface area contributed by atoms with E-state index in [2.05, 4.69) is 16.1 Å². The van der Waals surface area contributed by atoms with E-state index in [0.717, 1.165) is 68.0 Å². The highest BCUT2D eigenvalue weighted by atomic mass is 16.2. The van der Waals surface area contributed by atoms with E-state index < -0.39 is 0 Å². The summed E-state index contributed by atoms with van der Waals surface area (Å²) in [4.78, 5) is 37.0. The van der Waals surface area contributed by atoms with E-state index in [1.54, 1.807) is 4.52 Å². The molecule has 2 aromatic heterocycles. The summed E-state index contributed by atoms with van der Waals surface area (Å²) in [7, 11) is 3.85. The molecule has 2 aromatic rings. The van der Waals surface area contributed by atoms with Crippen molar-refractivity contribution in [3.63, 3.8) is 0 Å². The number of nitrogens with one attached hydrogen (secondary N) is 1. The van der Waals surface area contributed by atoms with Gasteiger partial charge >= 0.3 is 0 Å².